The normalized spacial score (nSPS) is 12.3. The molecular weight excluding hydrogens is 327 g/mol. The van der Waals surface area contributed by atoms with Gasteiger partial charge in [-0.15, -0.1) is 11.3 Å². The molecule has 2 aromatic rings. The first-order valence-corrected chi connectivity index (χ1v) is 7.30. The van der Waals surface area contributed by atoms with Crippen molar-refractivity contribution in [3.63, 3.8) is 0 Å². The largest absolute Gasteiger partial charge is 0.361 e. The van der Waals surface area contributed by atoms with Crippen LogP contribution in [0.2, 0.25) is 14.4 Å². The summed E-state index contributed by atoms with van der Waals surface area (Å²) >= 11 is 19.4. The summed E-state index contributed by atoms with van der Waals surface area (Å²) in [5.74, 6) is 6.21. The fraction of sp³-hybridized carbons (Fsp3) is 0.182. The molecule has 1 unspecified atom stereocenters. The van der Waals surface area contributed by atoms with Crippen LogP contribution in [0, 0.1) is 0 Å². The number of halogens is 3. The molecule has 2 heterocycles. The van der Waals surface area contributed by atoms with Crippen molar-refractivity contribution in [2.24, 2.45) is 5.84 Å². The van der Waals surface area contributed by atoms with Crippen molar-refractivity contribution in [2.75, 3.05) is 10.7 Å². The number of thiophene rings is 1. The van der Waals surface area contributed by atoms with E-state index in [1.165, 1.54) is 11.3 Å². The minimum absolute atomic E-state index is 0.0225. The highest BCUT2D eigenvalue weighted by atomic mass is 35.5. The molecule has 2 rings (SSSR count). The maximum absolute atomic E-state index is 6.09. The summed E-state index contributed by atoms with van der Waals surface area (Å²) in [4.78, 5) is 5.31. The van der Waals surface area contributed by atoms with Gasteiger partial charge >= 0.3 is 0 Å². The molecule has 0 spiro atoms. The molecule has 4 N–H and O–H groups in total. The molecule has 0 fully saturated rings. The van der Waals surface area contributed by atoms with Gasteiger partial charge in [-0.3, -0.25) is 0 Å². The number of nitrogens with zero attached hydrogens (tertiary/aromatic N) is 1. The van der Waals surface area contributed by atoms with Crippen molar-refractivity contribution in [1.29, 1.82) is 0 Å². The molecule has 1 atom stereocenters. The van der Waals surface area contributed by atoms with Crippen molar-refractivity contribution >= 4 is 57.8 Å². The van der Waals surface area contributed by atoms with Crippen molar-refractivity contribution in [3.05, 3.63) is 37.5 Å². The molecule has 2 aromatic heterocycles. The van der Waals surface area contributed by atoms with Crippen LogP contribution in [0.1, 0.15) is 17.8 Å². The van der Waals surface area contributed by atoms with Crippen LogP contribution in [0.5, 0.6) is 0 Å². The lowest BCUT2D eigenvalue weighted by Crippen LogP contribution is -2.12. The van der Waals surface area contributed by atoms with Crippen LogP contribution in [0.15, 0.2) is 18.2 Å². The summed E-state index contributed by atoms with van der Waals surface area (Å²) in [6.45, 7) is 1.99. The second-order valence-electron chi connectivity index (χ2n) is 3.80. The maximum atomic E-state index is 6.09. The number of hydrogen-bond acceptors (Lipinski definition) is 5. The summed E-state index contributed by atoms with van der Waals surface area (Å²) in [5, 5.41) is 3.99. The number of hydrogen-bond donors (Lipinski definition) is 3. The summed E-state index contributed by atoms with van der Waals surface area (Å²) in [5.41, 5.74) is 2.42. The standard InChI is InChI=1S/C11H11Cl3N4S/c1-5(8-2-3-9(14)19-8)16-10-6(12)4-7(13)11(17-10)18-15/h2-5H,15H2,1H3,(H2,16,17,18). The predicted octanol–water partition coefficient (Wildman–Crippen LogP) is 4.56. The van der Waals surface area contributed by atoms with Crippen LogP contribution in [0.3, 0.4) is 0 Å². The minimum Gasteiger partial charge on any atom is -0.361 e. The molecular formula is C11H11Cl3N4S. The average Bonchev–Trinajstić information content (AvgIpc) is 2.79. The minimum atomic E-state index is 0.0225. The van der Waals surface area contributed by atoms with E-state index in [0.29, 0.717) is 21.7 Å². The fourth-order valence-electron chi connectivity index (χ4n) is 1.51. The van der Waals surface area contributed by atoms with Gasteiger partial charge in [0.25, 0.3) is 0 Å². The molecule has 0 aliphatic rings. The van der Waals surface area contributed by atoms with Gasteiger partial charge in [0.15, 0.2) is 5.82 Å². The van der Waals surface area contributed by atoms with E-state index >= 15 is 0 Å². The molecule has 0 aromatic carbocycles. The lowest BCUT2D eigenvalue weighted by molar-refractivity contribution is 0.896. The molecule has 0 bridgehead atoms. The van der Waals surface area contributed by atoms with Gasteiger partial charge in [0.2, 0.25) is 0 Å². The molecule has 19 heavy (non-hydrogen) atoms. The summed E-state index contributed by atoms with van der Waals surface area (Å²) in [7, 11) is 0. The molecule has 0 aliphatic carbocycles. The van der Waals surface area contributed by atoms with Crippen LogP contribution in [-0.4, -0.2) is 4.98 Å². The highest BCUT2D eigenvalue weighted by Gasteiger charge is 2.13. The van der Waals surface area contributed by atoms with Gasteiger partial charge in [0.1, 0.15) is 5.82 Å². The molecule has 0 saturated carbocycles. The average molecular weight is 338 g/mol. The number of anilines is 2. The van der Waals surface area contributed by atoms with E-state index in [4.69, 9.17) is 40.6 Å². The fourth-order valence-corrected chi connectivity index (χ4v) is 3.04. The number of rotatable bonds is 4. The van der Waals surface area contributed by atoms with E-state index in [0.717, 1.165) is 9.21 Å². The molecule has 0 aliphatic heterocycles. The van der Waals surface area contributed by atoms with Gasteiger partial charge in [-0.1, -0.05) is 34.8 Å². The number of pyridine rings is 1. The van der Waals surface area contributed by atoms with Crippen molar-refractivity contribution in [2.45, 2.75) is 13.0 Å². The zero-order chi connectivity index (χ0) is 14.0. The zero-order valence-electron chi connectivity index (χ0n) is 9.88. The Morgan fingerprint density at radius 2 is 1.89 bits per heavy atom. The van der Waals surface area contributed by atoms with E-state index in [2.05, 4.69) is 15.7 Å². The summed E-state index contributed by atoms with van der Waals surface area (Å²) < 4.78 is 0.739. The molecule has 0 amide bonds. The van der Waals surface area contributed by atoms with Gasteiger partial charge in [0.05, 0.1) is 20.4 Å². The third-order valence-electron chi connectivity index (χ3n) is 2.44. The second kappa shape index (κ2) is 6.15. The summed E-state index contributed by atoms with van der Waals surface area (Å²) in [6.07, 6.45) is 0. The van der Waals surface area contributed by atoms with Crippen molar-refractivity contribution in [1.82, 2.24) is 4.98 Å². The lowest BCUT2D eigenvalue weighted by atomic mass is 10.2. The SMILES string of the molecule is CC(Nc1nc(NN)c(Cl)cc1Cl)c1ccc(Cl)s1. The first-order chi connectivity index (χ1) is 9.01. The highest BCUT2D eigenvalue weighted by Crippen LogP contribution is 2.33. The smallest absolute Gasteiger partial charge is 0.161 e. The Balaban J connectivity index is 2.23. The topological polar surface area (TPSA) is 63.0 Å². The third kappa shape index (κ3) is 3.43. The molecule has 102 valence electrons. The van der Waals surface area contributed by atoms with Crippen LogP contribution in [0.25, 0.3) is 0 Å². The van der Waals surface area contributed by atoms with Crippen LogP contribution in [0.4, 0.5) is 11.6 Å². The van der Waals surface area contributed by atoms with Crippen molar-refractivity contribution in [3.8, 4) is 0 Å². The quantitative estimate of drug-likeness (QED) is 0.565. The van der Waals surface area contributed by atoms with Crippen LogP contribution < -0.4 is 16.6 Å². The van der Waals surface area contributed by atoms with E-state index in [9.17, 15) is 0 Å². The zero-order valence-corrected chi connectivity index (χ0v) is 13.0. The van der Waals surface area contributed by atoms with Gasteiger partial charge < -0.3 is 10.7 Å². The first-order valence-electron chi connectivity index (χ1n) is 5.35. The van der Waals surface area contributed by atoms with E-state index in [1.54, 1.807) is 6.07 Å². The second-order valence-corrected chi connectivity index (χ2v) is 6.36. The van der Waals surface area contributed by atoms with E-state index in [1.807, 2.05) is 19.1 Å². The third-order valence-corrected chi connectivity index (χ3v) is 4.43. The number of nitrogens with two attached hydrogens (primary N) is 1. The van der Waals surface area contributed by atoms with Gasteiger partial charge in [-0.05, 0) is 25.1 Å². The first kappa shape index (κ1) is 14.7. The maximum Gasteiger partial charge on any atom is 0.161 e. The number of nitrogens with one attached hydrogen (secondary N) is 2. The van der Waals surface area contributed by atoms with Crippen LogP contribution in [-0.2, 0) is 0 Å². The Kier molecular flexibility index (Phi) is 4.76. The Labute approximate surface area is 129 Å². The van der Waals surface area contributed by atoms with Gasteiger partial charge in [-0.25, -0.2) is 10.8 Å². The van der Waals surface area contributed by atoms with E-state index < -0.39 is 0 Å². The van der Waals surface area contributed by atoms with Crippen LogP contribution >= 0.6 is 46.1 Å². The van der Waals surface area contributed by atoms with Gasteiger partial charge in [-0.2, -0.15) is 0 Å². The number of aromatic nitrogens is 1. The Hall–Kier alpha value is -0.720. The molecule has 8 heteroatoms. The molecule has 4 nitrogen and oxygen atoms in total. The predicted molar refractivity (Wildman–Crippen MR) is 83.4 cm³/mol. The van der Waals surface area contributed by atoms with Gasteiger partial charge in [0, 0.05) is 4.88 Å². The Morgan fingerprint density at radius 3 is 2.47 bits per heavy atom. The summed E-state index contributed by atoms with van der Waals surface area (Å²) in [6, 6.07) is 5.41. The number of hydrazine groups is 1. The molecule has 0 saturated heterocycles. The number of nitrogen functional groups attached to an aromatic ring is 1. The van der Waals surface area contributed by atoms with E-state index in [-0.39, 0.29) is 6.04 Å². The monoisotopic (exact) mass is 336 g/mol. The highest BCUT2D eigenvalue weighted by molar-refractivity contribution is 7.16. The van der Waals surface area contributed by atoms with Crippen molar-refractivity contribution < 1.29 is 0 Å². The Morgan fingerprint density at radius 1 is 1.21 bits per heavy atom. The molecule has 0 radical (unpaired) electrons. The lowest BCUT2D eigenvalue weighted by Gasteiger charge is -2.15. The Bertz CT molecular complexity index is 587.